The van der Waals surface area contributed by atoms with Crippen LogP contribution in [0.2, 0.25) is 0 Å². The molecule has 94 valence electrons. The summed E-state index contributed by atoms with van der Waals surface area (Å²) in [6.07, 6.45) is 7.68. The third-order valence-corrected chi connectivity index (χ3v) is 3.76. The number of hydrogen-bond donors (Lipinski definition) is 1. The SMILES string of the molecule is CNCc1cn(C2CCc3ccccc3C2)cn1. The van der Waals surface area contributed by atoms with Crippen LogP contribution in [0.4, 0.5) is 0 Å². The molecule has 0 radical (unpaired) electrons. The third kappa shape index (κ3) is 2.18. The maximum absolute atomic E-state index is 4.44. The van der Waals surface area contributed by atoms with Crippen molar-refractivity contribution in [3.05, 3.63) is 53.6 Å². The second-order valence-corrected chi connectivity index (χ2v) is 5.01. The Bertz CT molecular complexity index is 530. The summed E-state index contributed by atoms with van der Waals surface area (Å²) in [5, 5.41) is 3.14. The minimum absolute atomic E-state index is 0.568. The molecule has 1 heterocycles. The lowest BCUT2D eigenvalue weighted by Crippen LogP contribution is -2.17. The van der Waals surface area contributed by atoms with Gasteiger partial charge in [0.2, 0.25) is 0 Å². The monoisotopic (exact) mass is 241 g/mol. The van der Waals surface area contributed by atoms with Gasteiger partial charge in [0.15, 0.2) is 0 Å². The van der Waals surface area contributed by atoms with Crippen LogP contribution < -0.4 is 5.32 Å². The second-order valence-electron chi connectivity index (χ2n) is 5.01. The molecule has 3 heteroatoms. The first-order valence-corrected chi connectivity index (χ1v) is 6.60. The fourth-order valence-corrected chi connectivity index (χ4v) is 2.78. The van der Waals surface area contributed by atoms with E-state index in [2.05, 4.69) is 45.3 Å². The van der Waals surface area contributed by atoms with Crippen LogP contribution in [0, 0.1) is 0 Å². The van der Waals surface area contributed by atoms with Gasteiger partial charge < -0.3 is 9.88 Å². The lowest BCUT2D eigenvalue weighted by atomic mass is 9.88. The van der Waals surface area contributed by atoms with Crippen LogP contribution in [0.25, 0.3) is 0 Å². The van der Waals surface area contributed by atoms with E-state index in [1.54, 1.807) is 0 Å². The minimum atomic E-state index is 0.568. The Morgan fingerprint density at radius 1 is 1.33 bits per heavy atom. The van der Waals surface area contributed by atoms with Crippen molar-refractivity contribution < 1.29 is 0 Å². The van der Waals surface area contributed by atoms with Crippen LogP contribution in [-0.4, -0.2) is 16.6 Å². The topological polar surface area (TPSA) is 29.9 Å². The third-order valence-electron chi connectivity index (χ3n) is 3.76. The average Bonchev–Trinajstić information content (AvgIpc) is 2.87. The predicted octanol–water partition coefficient (Wildman–Crippen LogP) is 2.33. The summed E-state index contributed by atoms with van der Waals surface area (Å²) >= 11 is 0. The standard InChI is InChI=1S/C15H19N3/c1-16-9-14-10-18(11-17-14)15-7-6-12-4-2-3-5-13(12)8-15/h2-5,10-11,15-16H,6-9H2,1H3. The van der Waals surface area contributed by atoms with E-state index in [4.69, 9.17) is 0 Å². The van der Waals surface area contributed by atoms with Gasteiger partial charge >= 0.3 is 0 Å². The van der Waals surface area contributed by atoms with Gasteiger partial charge in [-0.3, -0.25) is 0 Å². The first-order chi connectivity index (χ1) is 8.86. The van der Waals surface area contributed by atoms with Gasteiger partial charge in [0.05, 0.1) is 12.0 Å². The van der Waals surface area contributed by atoms with E-state index in [1.807, 2.05) is 13.4 Å². The van der Waals surface area contributed by atoms with Crippen molar-refractivity contribution in [1.29, 1.82) is 0 Å². The fourth-order valence-electron chi connectivity index (χ4n) is 2.78. The number of nitrogens with one attached hydrogen (secondary N) is 1. The number of fused-ring (bicyclic) bond motifs is 1. The summed E-state index contributed by atoms with van der Waals surface area (Å²) in [4.78, 5) is 4.44. The van der Waals surface area contributed by atoms with Crippen molar-refractivity contribution in [1.82, 2.24) is 14.9 Å². The van der Waals surface area contributed by atoms with Crippen LogP contribution in [0.1, 0.15) is 29.3 Å². The maximum atomic E-state index is 4.44. The Labute approximate surface area is 108 Å². The lowest BCUT2D eigenvalue weighted by molar-refractivity contribution is 0.442. The van der Waals surface area contributed by atoms with Crippen LogP contribution >= 0.6 is 0 Å². The molecule has 0 amide bonds. The Morgan fingerprint density at radius 3 is 3.00 bits per heavy atom. The highest BCUT2D eigenvalue weighted by Gasteiger charge is 2.19. The molecule has 0 bridgehead atoms. The summed E-state index contributed by atoms with van der Waals surface area (Å²) in [6, 6.07) is 9.36. The highest BCUT2D eigenvalue weighted by molar-refractivity contribution is 5.30. The second kappa shape index (κ2) is 4.94. The molecule has 3 rings (SSSR count). The molecule has 1 aliphatic carbocycles. The summed E-state index contributed by atoms with van der Waals surface area (Å²) in [7, 11) is 1.95. The van der Waals surface area contributed by atoms with Gasteiger partial charge in [-0.1, -0.05) is 24.3 Å². The number of aryl methyl sites for hydroxylation is 1. The van der Waals surface area contributed by atoms with Crippen LogP contribution in [0.3, 0.4) is 0 Å². The van der Waals surface area contributed by atoms with Crippen LogP contribution in [0.15, 0.2) is 36.8 Å². The summed E-state index contributed by atoms with van der Waals surface area (Å²) in [5.41, 5.74) is 4.14. The molecule has 1 N–H and O–H groups in total. The Kier molecular flexibility index (Phi) is 3.15. The molecule has 3 nitrogen and oxygen atoms in total. The highest BCUT2D eigenvalue weighted by atomic mass is 15.1. The minimum Gasteiger partial charge on any atom is -0.334 e. The average molecular weight is 241 g/mol. The Balaban J connectivity index is 1.78. The van der Waals surface area contributed by atoms with E-state index in [1.165, 1.54) is 24.0 Å². The van der Waals surface area contributed by atoms with E-state index >= 15 is 0 Å². The van der Waals surface area contributed by atoms with E-state index in [0.717, 1.165) is 18.7 Å². The molecule has 2 aromatic rings. The molecule has 1 atom stereocenters. The van der Waals surface area contributed by atoms with Crippen LogP contribution in [0.5, 0.6) is 0 Å². The molecule has 0 spiro atoms. The molecule has 0 fully saturated rings. The van der Waals surface area contributed by atoms with E-state index in [0.29, 0.717) is 6.04 Å². The van der Waals surface area contributed by atoms with E-state index < -0.39 is 0 Å². The molecular weight excluding hydrogens is 222 g/mol. The van der Waals surface area contributed by atoms with E-state index in [9.17, 15) is 0 Å². The van der Waals surface area contributed by atoms with Crippen molar-refractivity contribution in [2.75, 3.05) is 7.05 Å². The quantitative estimate of drug-likeness (QED) is 0.894. The van der Waals surface area contributed by atoms with Crippen molar-refractivity contribution in [3.63, 3.8) is 0 Å². The molecule has 1 aromatic carbocycles. The van der Waals surface area contributed by atoms with Crippen LogP contribution in [-0.2, 0) is 19.4 Å². The number of rotatable bonds is 3. The Morgan fingerprint density at radius 2 is 2.17 bits per heavy atom. The normalized spacial score (nSPS) is 18.6. The van der Waals surface area contributed by atoms with Crippen molar-refractivity contribution in [2.24, 2.45) is 0 Å². The maximum Gasteiger partial charge on any atom is 0.0952 e. The molecule has 0 saturated carbocycles. The molecule has 0 aliphatic heterocycles. The summed E-state index contributed by atoms with van der Waals surface area (Å²) in [5.74, 6) is 0. The molecule has 1 aliphatic rings. The summed E-state index contributed by atoms with van der Waals surface area (Å²) < 4.78 is 2.28. The zero-order chi connectivity index (χ0) is 12.4. The fraction of sp³-hybridized carbons (Fsp3) is 0.400. The zero-order valence-corrected chi connectivity index (χ0v) is 10.8. The highest BCUT2D eigenvalue weighted by Crippen LogP contribution is 2.28. The van der Waals surface area contributed by atoms with Gasteiger partial charge in [0.25, 0.3) is 0 Å². The number of hydrogen-bond acceptors (Lipinski definition) is 2. The molecule has 18 heavy (non-hydrogen) atoms. The number of nitrogens with zero attached hydrogens (tertiary/aromatic N) is 2. The van der Waals surface area contributed by atoms with Gasteiger partial charge in [0.1, 0.15) is 0 Å². The van der Waals surface area contributed by atoms with Crippen molar-refractivity contribution >= 4 is 0 Å². The van der Waals surface area contributed by atoms with E-state index in [-0.39, 0.29) is 0 Å². The molecule has 1 unspecified atom stereocenters. The number of aromatic nitrogens is 2. The summed E-state index contributed by atoms with van der Waals surface area (Å²) in [6.45, 7) is 0.844. The zero-order valence-electron chi connectivity index (χ0n) is 10.8. The Hall–Kier alpha value is -1.61. The van der Waals surface area contributed by atoms with Gasteiger partial charge in [-0.15, -0.1) is 0 Å². The lowest BCUT2D eigenvalue weighted by Gasteiger charge is -2.25. The number of benzene rings is 1. The first-order valence-electron chi connectivity index (χ1n) is 6.60. The van der Waals surface area contributed by atoms with Gasteiger partial charge in [-0.05, 0) is 37.4 Å². The largest absolute Gasteiger partial charge is 0.334 e. The smallest absolute Gasteiger partial charge is 0.0952 e. The first kappa shape index (κ1) is 11.5. The van der Waals surface area contributed by atoms with Gasteiger partial charge in [-0.25, -0.2) is 4.98 Å². The molecule has 1 aromatic heterocycles. The van der Waals surface area contributed by atoms with Gasteiger partial charge in [-0.2, -0.15) is 0 Å². The van der Waals surface area contributed by atoms with Crippen molar-refractivity contribution in [2.45, 2.75) is 31.8 Å². The van der Waals surface area contributed by atoms with Crippen molar-refractivity contribution in [3.8, 4) is 0 Å². The number of imidazole rings is 1. The van der Waals surface area contributed by atoms with Gasteiger partial charge in [0, 0.05) is 18.8 Å². The molecule has 0 saturated heterocycles. The predicted molar refractivity (Wildman–Crippen MR) is 72.5 cm³/mol. The molecular formula is C15H19N3.